The van der Waals surface area contributed by atoms with Crippen LogP contribution in [0.4, 0.5) is 5.00 Å². The quantitative estimate of drug-likeness (QED) is 0.873. The molecule has 0 aromatic carbocycles. The van der Waals surface area contributed by atoms with Crippen LogP contribution in [0.1, 0.15) is 37.0 Å². The Kier molecular flexibility index (Phi) is 5.08. The SMILES string of the molecule is Cc1cc(C(=O)Nc2sc3c(c2C(N)=O)CCN(C)C3)no1.Cl. The predicted molar refractivity (Wildman–Crippen MR) is 89.3 cm³/mol. The number of anilines is 1. The van der Waals surface area contributed by atoms with Gasteiger partial charge in [-0.05, 0) is 26.0 Å². The average Bonchev–Trinajstić information content (AvgIpc) is 3.01. The first kappa shape index (κ1) is 17.5. The summed E-state index contributed by atoms with van der Waals surface area (Å²) in [7, 11) is 2.02. The molecule has 0 fully saturated rings. The molecule has 2 aromatic heterocycles. The zero-order valence-electron chi connectivity index (χ0n) is 12.7. The Morgan fingerprint density at radius 3 is 2.83 bits per heavy atom. The number of rotatable bonds is 3. The molecule has 1 aliphatic rings. The number of nitrogens with zero attached hydrogens (tertiary/aromatic N) is 2. The molecule has 3 rings (SSSR count). The summed E-state index contributed by atoms with van der Waals surface area (Å²) >= 11 is 1.39. The van der Waals surface area contributed by atoms with E-state index in [2.05, 4.69) is 15.4 Å². The van der Waals surface area contributed by atoms with Crippen molar-refractivity contribution in [3.8, 4) is 0 Å². The molecular weight excluding hydrogens is 340 g/mol. The molecule has 124 valence electrons. The van der Waals surface area contributed by atoms with Crippen LogP contribution in [0.3, 0.4) is 0 Å². The summed E-state index contributed by atoms with van der Waals surface area (Å²) in [6.07, 6.45) is 0.750. The number of amides is 2. The van der Waals surface area contributed by atoms with Gasteiger partial charge in [-0.15, -0.1) is 23.7 Å². The Morgan fingerprint density at radius 2 is 2.22 bits per heavy atom. The predicted octanol–water partition coefficient (Wildman–Crippen LogP) is 1.81. The van der Waals surface area contributed by atoms with E-state index in [1.807, 2.05) is 7.05 Å². The van der Waals surface area contributed by atoms with Crippen molar-refractivity contribution in [2.45, 2.75) is 19.9 Å². The van der Waals surface area contributed by atoms with E-state index in [0.29, 0.717) is 16.3 Å². The number of aromatic nitrogens is 1. The van der Waals surface area contributed by atoms with Crippen LogP contribution in [0.5, 0.6) is 0 Å². The number of hydrogen-bond donors (Lipinski definition) is 2. The van der Waals surface area contributed by atoms with Crippen LogP contribution < -0.4 is 11.1 Å². The number of halogens is 1. The molecule has 23 heavy (non-hydrogen) atoms. The topological polar surface area (TPSA) is 101 Å². The normalized spacial score (nSPS) is 14.0. The standard InChI is InChI=1S/C14H16N4O3S.ClH/c1-7-5-9(17-21-7)13(20)16-14-11(12(15)19)8-3-4-18(2)6-10(8)22-14;/h5H,3-4,6H2,1-2H3,(H2,15,19)(H,16,20);1H. The monoisotopic (exact) mass is 356 g/mol. The second kappa shape index (κ2) is 6.69. The van der Waals surface area contributed by atoms with Gasteiger partial charge in [-0.2, -0.15) is 0 Å². The van der Waals surface area contributed by atoms with Crippen LogP contribution in [0, 0.1) is 6.92 Å². The van der Waals surface area contributed by atoms with E-state index in [-0.39, 0.29) is 18.1 Å². The summed E-state index contributed by atoms with van der Waals surface area (Å²) in [4.78, 5) is 27.2. The van der Waals surface area contributed by atoms with E-state index < -0.39 is 11.8 Å². The van der Waals surface area contributed by atoms with Gasteiger partial charge in [-0.3, -0.25) is 9.59 Å². The maximum absolute atomic E-state index is 12.2. The van der Waals surface area contributed by atoms with Crippen LogP contribution in [-0.4, -0.2) is 35.5 Å². The van der Waals surface area contributed by atoms with E-state index in [9.17, 15) is 9.59 Å². The Morgan fingerprint density at radius 1 is 1.48 bits per heavy atom. The molecule has 0 atom stereocenters. The number of primary amides is 1. The van der Waals surface area contributed by atoms with E-state index in [4.69, 9.17) is 10.3 Å². The first-order chi connectivity index (χ1) is 10.5. The van der Waals surface area contributed by atoms with Crippen molar-refractivity contribution in [1.82, 2.24) is 10.1 Å². The molecule has 2 aromatic rings. The molecule has 0 aliphatic carbocycles. The number of thiophene rings is 1. The molecule has 3 heterocycles. The molecule has 7 nitrogen and oxygen atoms in total. The first-order valence-electron chi connectivity index (χ1n) is 6.83. The van der Waals surface area contributed by atoms with Crippen molar-refractivity contribution < 1.29 is 14.1 Å². The van der Waals surface area contributed by atoms with Gasteiger partial charge < -0.3 is 20.5 Å². The average molecular weight is 357 g/mol. The lowest BCUT2D eigenvalue weighted by atomic mass is 10.0. The summed E-state index contributed by atoms with van der Waals surface area (Å²) in [5.74, 6) is -0.382. The number of nitrogens with one attached hydrogen (secondary N) is 1. The number of hydrogen-bond acceptors (Lipinski definition) is 6. The molecule has 2 amide bonds. The van der Waals surface area contributed by atoms with Gasteiger partial charge >= 0.3 is 0 Å². The highest BCUT2D eigenvalue weighted by molar-refractivity contribution is 7.17. The summed E-state index contributed by atoms with van der Waals surface area (Å²) < 4.78 is 4.89. The van der Waals surface area contributed by atoms with Crippen LogP contribution in [0.2, 0.25) is 0 Å². The van der Waals surface area contributed by atoms with Crippen LogP contribution in [-0.2, 0) is 13.0 Å². The number of likely N-dealkylation sites (N-methyl/N-ethyl adjacent to an activating group) is 1. The molecule has 0 bridgehead atoms. The van der Waals surface area contributed by atoms with Gasteiger partial charge in [0.1, 0.15) is 10.8 Å². The molecule has 0 spiro atoms. The molecule has 0 radical (unpaired) electrons. The minimum atomic E-state index is -0.520. The zero-order chi connectivity index (χ0) is 15.9. The lowest BCUT2D eigenvalue weighted by molar-refractivity contribution is 0.1000. The van der Waals surface area contributed by atoms with E-state index in [0.717, 1.165) is 30.0 Å². The van der Waals surface area contributed by atoms with Crippen molar-refractivity contribution in [1.29, 1.82) is 0 Å². The summed E-state index contributed by atoms with van der Waals surface area (Å²) in [5.41, 5.74) is 7.05. The van der Waals surface area contributed by atoms with Gasteiger partial charge in [-0.25, -0.2) is 0 Å². The van der Waals surface area contributed by atoms with Crippen molar-refractivity contribution in [2.24, 2.45) is 5.73 Å². The third kappa shape index (κ3) is 3.39. The van der Waals surface area contributed by atoms with E-state index in [1.165, 1.54) is 11.3 Å². The van der Waals surface area contributed by atoms with Crippen molar-refractivity contribution in [3.05, 3.63) is 33.5 Å². The lowest BCUT2D eigenvalue weighted by Crippen LogP contribution is -2.27. The summed E-state index contributed by atoms with van der Waals surface area (Å²) in [5, 5.41) is 6.89. The summed E-state index contributed by atoms with van der Waals surface area (Å²) in [6.45, 7) is 3.32. The third-order valence-corrected chi connectivity index (χ3v) is 4.71. The maximum Gasteiger partial charge on any atom is 0.278 e. The minimum absolute atomic E-state index is 0. The molecule has 1 aliphatic heterocycles. The van der Waals surface area contributed by atoms with Gasteiger partial charge in [0.25, 0.3) is 11.8 Å². The molecule has 0 saturated carbocycles. The lowest BCUT2D eigenvalue weighted by Gasteiger charge is -2.22. The minimum Gasteiger partial charge on any atom is -0.365 e. The fraction of sp³-hybridized carbons (Fsp3) is 0.357. The highest BCUT2D eigenvalue weighted by Gasteiger charge is 2.27. The number of carbonyl (C=O) groups is 2. The molecule has 0 unspecified atom stereocenters. The molecule has 0 saturated heterocycles. The second-order valence-electron chi connectivity index (χ2n) is 5.34. The molecular formula is C14H17ClN4O3S. The fourth-order valence-electron chi connectivity index (χ4n) is 2.52. The van der Waals surface area contributed by atoms with Gasteiger partial charge in [0, 0.05) is 24.0 Å². The Labute approximate surface area is 143 Å². The highest BCUT2D eigenvalue weighted by Crippen LogP contribution is 2.36. The highest BCUT2D eigenvalue weighted by atomic mass is 35.5. The second-order valence-corrected chi connectivity index (χ2v) is 6.44. The molecule has 9 heteroatoms. The van der Waals surface area contributed by atoms with Crippen LogP contribution in [0.25, 0.3) is 0 Å². The number of carbonyl (C=O) groups excluding carboxylic acids is 2. The Hall–Kier alpha value is -1.90. The van der Waals surface area contributed by atoms with Gasteiger partial charge in [0.05, 0.1) is 5.56 Å². The zero-order valence-corrected chi connectivity index (χ0v) is 14.3. The van der Waals surface area contributed by atoms with Crippen molar-refractivity contribution in [2.75, 3.05) is 18.9 Å². The van der Waals surface area contributed by atoms with Gasteiger partial charge in [-0.1, -0.05) is 5.16 Å². The van der Waals surface area contributed by atoms with Crippen molar-refractivity contribution >= 4 is 40.6 Å². The number of nitrogens with two attached hydrogens (primary N) is 1. The van der Waals surface area contributed by atoms with E-state index >= 15 is 0 Å². The summed E-state index contributed by atoms with van der Waals surface area (Å²) in [6, 6.07) is 1.54. The third-order valence-electron chi connectivity index (χ3n) is 3.58. The van der Waals surface area contributed by atoms with Gasteiger partial charge in [0.15, 0.2) is 5.69 Å². The molecule has 3 N–H and O–H groups in total. The smallest absolute Gasteiger partial charge is 0.278 e. The maximum atomic E-state index is 12.2. The van der Waals surface area contributed by atoms with Crippen LogP contribution >= 0.6 is 23.7 Å². The van der Waals surface area contributed by atoms with Crippen LogP contribution in [0.15, 0.2) is 10.6 Å². The van der Waals surface area contributed by atoms with Crippen molar-refractivity contribution in [3.63, 3.8) is 0 Å². The fourth-order valence-corrected chi connectivity index (χ4v) is 3.85. The largest absolute Gasteiger partial charge is 0.365 e. The first-order valence-corrected chi connectivity index (χ1v) is 7.65. The number of aryl methyl sites for hydroxylation is 1. The number of fused-ring (bicyclic) bond motifs is 1. The van der Waals surface area contributed by atoms with Gasteiger partial charge in [0.2, 0.25) is 0 Å². The Bertz CT molecular complexity index is 755. The van der Waals surface area contributed by atoms with E-state index in [1.54, 1.807) is 13.0 Å². The Balaban J connectivity index is 0.00000192.